The first-order valence-corrected chi connectivity index (χ1v) is 7.36. The second-order valence-corrected chi connectivity index (χ2v) is 5.74. The van der Waals surface area contributed by atoms with Crippen molar-refractivity contribution in [3.8, 4) is 0 Å². The van der Waals surface area contributed by atoms with Gasteiger partial charge in [0.2, 0.25) is 0 Å². The van der Waals surface area contributed by atoms with E-state index in [9.17, 15) is 9.90 Å². The van der Waals surface area contributed by atoms with Crippen molar-refractivity contribution in [2.75, 3.05) is 13.7 Å². The summed E-state index contributed by atoms with van der Waals surface area (Å²) in [5.41, 5.74) is -1.23. The molecule has 1 aromatic heterocycles. The predicted molar refractivity (Wildman–Crippen MR) is 77.9 cm³/mol. The minimum absolute atomic E-state index is 0.0253. The molecule has 21 heavy (non-hydrogen) atoms. The van der Waals surface area contributed by atoms with Crippen molar-refractivity contribution in [2.24, 2.45) is 0 Å². The number of urea groups is 1. The molecule has 1 aliphatic carbocycles. The van der Waals surface area contributed by atoms with Gasteiger partial charge in [0.25, 0.3) is 0 Å². The van der Waals surface area contributed by atoms with E-state index < -0.39 is 5.60 Å². The van der Waals surface area contributed by atoms with Crippen LogP contribution in [0, 0.1) is 0 Å². The second-order valence-electron chi connectivity index (χ2n) is 5.74. The van der Waals surface area contributed by atoms with Crippen LogP contribution in [0.25, 0.3) is 0 Å². The fourth-order valence-corrected chi connectivity index (χ4v) is 2.69. The number of carbonyl (C=O) groups excluding carboxylic acids is 1. The number of amides is 2. The van der Waals surface area contributed by atoms with Gasteiger partial charge in [-0.05, 0) is 31.9 Å². The smallest absolute Gasteiger partial charge is 0.315 e. The maximum absolute atomic E-state index is 12.0. The van der Waals surface area contributed by atoms with Crippen molar-refractivity contribution in [3.63, 3.8) is 0 Å². The van der Waals surface area contributed by atoms with Crippen LogP contribution in [0.4, 0.5) is 4.79 Å². The standard InChI is InChI=1S/C15H24N2O4/c1-15(19,13-8-5-9-21-13)10-16-14(18)17-11-6-3-4-7-12(11)20-2/h5,8-9,11-12,19H,3-4,6-7,10H2,1-2H3,(H2,16,17,18). The number of furan rings is 1. The molecule has 0 aliphatic heterocycles. The molecule has 1 saturated carbocycles. The largest absolute Gasteiger partial charge is 0.466 e. The van der Waals surface area contributed by atoms with Crippen LogP contribution in [0.15, 0.2) is 22.8 Å². The van der Waals surface area contributed by atoms with E-state index in [1.54, 1.807) is 26.2 Å². The molecule has 2 rings (SSSR count). The lowest BCUT2D eigenvalue weighted by molar-refractivity contribution is 0.0336. The number of carbonyl (C=O) groups is 1. The lowest BCUT2D eigenvalue weighted by Gasteiger charge is -2.31. The SMILES string of the molecule is COC1CCCCC1NC(=O)NCC(C)(O)c1ccco1. The number of rotatable bonds is 5. The first kappa shape index (κ1) is 15.9. The first-order chi connectivity index (χ1) is 10.0. The lowest BCUT2D eigenvalue weighted by atomic mass is 9.92. The summed E-state index contributed by atoms with van der Waals surface area (Å²) in [5.74, 6) is 0.426. The molecule has 0 saturated heterocycles. The predicted octanol–water partition coefficient (Wildman–Crippen LogP) is 1.74. The van der Waals surface area contributed by atoms with E-state index >= 15 is 0 Å². The summed E-state index contributed by atoms with van der Waals surface area (Å²) in [7, 11) is 1.67. The number of hydrogen-bond acceptors (Lipinski definition) is 4. The topological polar surface area (TPSA) is 83.7 Å². The maximum Gasteiger partial charge on any atom is 0.315 e. The highest BCUT2D eigenvalue weighted by molar-refractivity contribution is 5.74. The van der Waals surface area contributed by atoms with Crippen LogP contribution in [0.1, 0.15) is 38.4 Å². The molecule has 6 nitrogen and oxygen atoms in total. The summed E-state index contributed by atoms with van der Waals surface area (Å²) in [6.45, 7) is 1.68. The Morgan fingerprint density at radius 2 is 2.29 bits per heavy atom. The Morgan fingerprint density at radius 3 is 2.95 bits per heavy atom. The van der Waals surface area contributed by atoms with Gasteiger partial charge < -0.3 is 24.9 Å². The average molecular weight is 296 g/mol. The second kappa shape index (κ2) is 6.95. The van der Waals surface area contributed by atoms with Gasteiger partial charge in [0.15, 0.2) is 0 Å². The van der Waals surface area contributed by atoms with E-state index in [1.807, 2.05) is 0 Å². The Hall–Kier alpha value is -1.53. The van der Waals surface area contributed by atoms with Crippen LogP contribution in [-0.4, -0.2) is 36.9 Å². The number of methoxy groups -OCH3 is 1. The number of aliphatic hydroxyl groups is 1. The van der Waals surface area contributed by atoms with Crippen LogP contribution < -0.4 is 10.6 Å². The molecule has 0 radical (unpaired) electrons. The minimum Gasteiger partial charge on any atom is -0.466 e. The third kappa shape index (κ3) is 4.22. The van der Waals surface area contributed by atoms with Gasteiger partial charge in [0.1, 0.15) is 11.4 Å². The summed E-state index contributed by atoms with van der Waals surface area (Å²) in [5, 5.41) is 15.9. The lowest BCUT2D eigenvalue weighted by Crippen LogP contribution is -2.51. The molecule has 3 unspecified atom stereocenters. The number of nitrogens with one attached hydrogen (secondary N) is 2. The van der Waals surface area contributed by atoms with E-state index in [-0.39, 0.29) is 24.7 Å². The third-order valence-electron chi connectivity index (χ3n) is 3.97. The summed E-state index contributed by atoms with van der Waals surface area (Å²) >= 11 is 0. The van der Waals surface area contributed by atoms with Crippen LogP contribution >= 0.6 is 0 Å². The van der Waals surface area contributed by atoms with Gasteiger partial charge in [0.05, 0.1) is 25.0 Å². The quantitative estimate of drug-likeness (QED) is 0.773. The van der Waals surface area contributed by atoms with Crippen LogP contribution in [0.2, 0.25) is 0 Å². The van der Waals surface area contributed by atoms with Crippen molar-refractivity contribution in [1.82, 2.24) is 10.6 Å². The molecule has 1 heterocycles. The van der Waals surface area contributed by atoms with Gasteiger partial charge in [-0.15, -0.1) is 0 Å². The molecule has 2 amide bonds. The van der Waals surface area contributed by atoms with Crippen molar-refractivity contribution in [1.29, 1.82) is 0 Å². The molecule has 1 aliphatic rings. The molecule has 3 atom stereocenters. The summed E-state index contributed by atoms with van der Waals surface area (Å²) < 4.78 is 10.6. The molecule has 1 aromatic rings. The Morgan fingerprint density at radius 1 is 1.52 bits per heavy atom. The normalized spacial score (nSPS) is 25.1. The Kier molecular flexibility index (Phi) is 5.25. The highest BCUT2D eigenvalue weighted by Gasteiger charge is 2.29. The molecule has 0 aromatic carbocycles. The monoisotopic (exact) mass is 296 g/mol. The van der Waals surface area contributed by atoms with Crippen molar-refractivity contribution in [3.05, 3.63) is 24.2 Å². The van der Waals surface area contributed by atoms with Gasteiger partial charge in [-0.1, -0.05) is 12.8 Å². The van der Waals surface area contributed by atoms with Gasteiger partial charge >= 0.3 is 6.03 Å². The Balaban J connectivity index is 1.82. The third-order valence-corrected chi connectivity index (χ3v) is 3.97. The molecule has 118 valence electrons. The first-order valence-electron chi connectivity index (χ1n) is 7.36. The summed E-state index contributed by atoms with van der Waals surface area (Å²) in [6, 6.07) is 3.12. The maximum atomic E-state index is 12.0. The Bertz CT molecular complexity index is 445. The molecule has 6 heteroatoms. The fourth-order valence-electron chi connectivity index (χ4n) is 2.69. The van der Waals surface area contributed by atoms with Crippen LogP contribution in [0.5, 0.6) is 0 Å². The highest BCUT2D eigenvalue weighted by Crippen LogP contribution is 2.21. The number of ether oxygens (including phenoxy) is 1. The molecule has 0 spiro atoms. The zero-order valence-electron chi connectivity index (χ0n) is 12.6. The van der Waals surface area contributed by atoms with Crippen molar-refractivity contribution < 1.29 is 19.1 Å². The molecular formula is C15H24N2O4. The summed E-state index contributed by atoms with van der Waals surface area (Å²) in [4.78, 5) is 12.0. The van der Waals surface area contributed by atoms with Crippen LogP contribution in [0.3, 0.4) is 0 Å². The molecular weight excluding hydrogens is 272 g/mol. The fraction of sp³-hybridized carbons (Fsp3) is 0.667. The van der Waals surface area contributed by atoms with Crippen molar-refractivity contribution in [2.45, 2.75) is 50.4 Å². The van der Waals surface area contributed by atoms with Gasteiger partial charge in [-0.25, -0.2) is 4.79 Å². The van der Waals surface area contributed by atoms with E-state index in [2.05, 4.69) is 10.6 Å². The van der Waals surface area contributed by atoms with E-state index in [0.717, 1.165) is 25.7 Å². The molecule has 3 N–H and O–H groups in total. The van der Waals surface area contributed by atoms with Gasteiger partial charge in [-0.3, -0.25) is 0 Å². The zero-order valence-corrected chi connectivity index (χ0v) is 12.6. The van der Waals surface area contributed by atoms with Gasteiger partial charge in [0, 0.05) is 7.11 Å². The zero-order chi connectivity index (χ0) is 15.3. The van der Waals surface area contributed by atoms with Crippen molar-refractivity contribution >= 4 is 6.03 Å². The average Bonchev–Trinajstić information content (AvgIpc) is 3.01. The Labute approximate surface area is 124 Å². The van der Waals surface area contributed by atoms with Crippen LogP contribution in [-0.2, 0) is 10.3 Å². The van der Waals surface area contributed by atoms with Gasteiger partial charge in [-0.2, -0.15) is 0 Å². The molecule has 0 bridgehead atoms. The molecule has 1 fully saturated rings. The van der Waals surface area contributed by atoms with E-state index in [4.69, 9.17) is 9.15 Å². The number of hydrogen-bond donors (Lipinski definition) is 3. The minimum atomic E-state index is -1.23. The highest BCUT2D eigenvalue weighted by atomic mass is 16.5. The van der Waals surface area contributed by atoms with E-state index in [1.165, 1.54) is 6.26 Å². The summed E-state index contributed by atoms with van der Waals surface area (Å²) in [6.07, 6.45) is 5.66. The van der Waals surface area contributed by atoms with E-state index in [0.29, 0.717) is 5.76 Å².